The van der Waals surface area contributed by atoms with Gasteiger partial charge in [-0.25, -0.2) is 0 Å². The van der Waals surface area contributed by atoms with Crippen LogP contribution >= 0.6 is 27.4 Å². The summed E-state index contributed by atoms with van der Waals surface area (Å²) in [6.45, 7) is 2.03. The Morgan fingerprint density at radius 1 is 1.53 bits per heavy atom. The first-order valence-electron chi connectivity index (χ1n) is 4.83. The van der Waals surface area contributed by atoms with Crippen molar-refractivity contribution < 1.29 is 9.45 Å². The molecule has 0 saturated heterocycles. The van der Waals surface area contributed by atoms with Gasteiger partial charge in [-0.1, -0.05) is 18.3 Å². The second-order valence-electron chi connectivity index (χ2n) is 3.11. The average molecular weight is 312 g/mol. The fourth-order valence-electron chi connectivity index (χ4n) is 0.981. The van der Waals surface area contributed by atoms with Crippen LogP contribution in [0.5, 0.6) is 5.75 Å². The third-order valence-corrected chi connectivity index (χ3v) is 6.99. The van der Waals surface area contributed by atoms with Crippen LogP contribution in [-0.4, -0.2) is 10.7 Å². The summed E-state index contributed by atoms with van der Waals surface area (Å²) >= 11 is 12.7. The SMILES string of the molecule is CCCSP(=S)(Cl)Oc1ccc([N+](=O)[O-])cc1. The lowest BCUT2D eigenvalue weighted by Crippen LogP contribution is -1.88. The lowest BCUT2D eigenvalue weighted by molar-refractivity contribution is -0.384. The van der Waals surface area contributed by atoms with Crippen molar-refractivity contribution >= 4 is 44.9 Å². The van der Waals surface area contributed by atoms with Gasteiger partial charge < -0.3 is 4.52 Å². The van der Waals surface area contributed by atoms with Gasteiger partial charge in [0.1, 0.15) is 5.75 Å². The van der Waals surface area contributed by atoms with Crippen molar-refractivity contribution in [3.8, 4) is 5.75 Å². The van der Waals surface area contributed by atoms with Gasteiger partial charge in [0.2, 0.25) is 0 Å². The van der Waals surface area contributed by atoms with Crippen LogP contribution in [0.25, 0.3) is 0 Å². The Hall–Kier alpha value is -0.290. The molecule has 1 rings (SSSR count). The first-order valence-corrected chi connectivity index (χ1v) is 10.0. The summed E-state index contributed by atoms with van der Waals surface area (Å²) in [7, 11) is 0. The molecule has 0 bridgehead atoms. The van der Waals surface area contributed by atoms with E-state index in [-0.39, 0.29) is 5.69 Å². The van der Waals surface area contributed by atoms with Crippen molar-refractivity contribution in [3.05, 3.63) is 34.4 Å². The van der Waals surface area contributed by atoms with Crippen LogP contribution in [0.15, 0.2) is 24.3 Å². The Kier molecular flexibility index (Phi) is 5.73. The molecule has 1 aromatic carbocycles. The van der Waals surface area contributed by atoms with Crippen LogP contribution < -0.4 is 4.52 Å². The number of hydrogen-bond donors (Lipinski definition) is 0. The fraction of sp³-hybridized carbons (Fsp3) is 0.333. The van der Waals surface area contributed by atoms with Gasteiger partial charge >= 0.3 is 0 Å². The van der Waals surface area contributed by atoms with Crippen molar-refractivity contribution in [1.82, 2.24) is 0 Å². The van der Waals surface area contributed by atoms with Crippen LogP contribution in [0.1, 0.15) is 13.3 Å². The number of hydrogen-bond acceptors (Lipinski definition) is 5. The summed E-state index contributed by atoms with van der Waals surface area (Å²) in [4.78, 5) is 7.58. The van der Waals surface area contributed by atoms with Crippen molar-refractivity contribution in [2.75, 3.05) is 5.75 Å². The Balaban J connectivity index is 2.68. The Morgan fingerprint density at radius 3 is 2.59 bits per heavy atom. The molecular weight excluding hydrogens is 301 g/mol. The largest absolute Gasteiger partial charge is 0.444 e. The molecule has 0 heterocycles. The fourth-order valence-corrected chi connectivity index (χ4v) is 5.22. The number of non-ortho nitro benzene ring substituents is 1. The van der Waals surface area contributed by atoms with Gasteiger partial charge in [-0.2, -0.15) is 0 Å². The summed E-state index contributed by atoms with van der Waals surface area (Å²) in [5.74, 6) is 1.31. The minimum absolute atomic E-state index is 0.0152. The van der Waals surface area contributed by atoms with Crippen LogP contribution in [0.4, 0.5) is 5.69 Å². The molecule has 0 N–H and O–H groups in total. The molecule has 1 unspecified atom stereocenters. The van der Waals surface area contributed by atoms with E-state index in [1.54, 1.807) is 0 Å². The Labute approximate surface area is 113 Å². The molecule has 4 nitrogen and oxygen atoms in total. The molecule has 0 aliphatic heterocycles. The van der Waals surface area contributed by atoms with Gasteiger partial charge in [0.25, 0.3) is 10.5 Å². The monoisotopic (exact) mass is 311 g/mol. The smallest absolute Gasteiger partial charge is 0.269 e. The van der Waals surface area contributed by atoms with Crippen LogP contribution in [-0.2, 0) is 11.8 Å². The topological polar surface area (TPSA) is 52.4 Å². The second-order valence-corrected chi connectivity index (χ2v) is 12.0. The van der Waals surface area contributed by atoms with E-state index >= 15 is 0 Å². The van der Waals surface area contributed by atoms with Gasteiger partial charge in [0, 0.05) is 17.9 Å². The molecule has 8 heteroatoms. The highest BCUT2D eigenvalue weighted by Gasteiger charge is 2.16. The maximum absolute atomic E-state index is 10.5. The zero-order chi connectivity index (χ0) is 12.9. The van der Waals surface area contributed by atoms with Crippen molar-refractivity contribution in [3.63, 3.8) is 0 Å². The third-order valence-electron chi connectivity index (χ3n) is 1.71. The molecule has 94 valence electrons. The molecule has 0 saturated carbocycles. The van der Waals surface area contributed by atoms with E-state index in [0.717, 1.165) is 12.2 Å². The zero-order valence-corrected chi connectivity index (χ0v) is 12.3. The minimum Gasteiger partial charge on any atom is -0.444 e. The van der Waals surface area contributed by atoms with Gasteiger partial charge in [0.05, 0.1) is 4.92 Å². The molecule has 0 fully saturated rings. The quantitative estimate of drug-likeness (QED) is 0.437. The molecule has 1 atom stereocenters. The predicted molar refractivity (Wildman–Crippen MR) is 76.6 cm³/mol. The maximum atomic E-state index is 10.5. The van der Waals surface area contributed by atoms with Gasteiger partial charge in [-0.3, -0.25) is 10.1 Å². The highest BCUT2D eigenvalue weighted by atomic mass is 35.7. The Bertz CT molecular complexity index is 440. The summed E-state index contributed by atoms with van der Waals surface area (Å²) in [5.41, 5.74) is 0.0152. The number of nitro groups is 1. The molecular formula is C9H11ClNO3PS2. The number of rotatable bonds is 6. The minimum atomic E-state index is -2.42. The third kappa shape index (κ3) is 5.25. The van der Waals surface area contributed by atoms with Crippen molar-refractivity contribution in [1.29, 1.82) is 0 Å². The van der Waals surface area contributed by atoms with Gasteiger partial charge in [-0.15, -0.1) is 0 Å². The van der Waals surface area contributed by atoms with Crippen molar-refractivity contribution in [2.45, 2.75) is 13.3 Å². The average Bonchev–Trinajstić information content (AvgIpc) is 2.26. The Morgan fingerprint density at radius 2 is 2.12 bits per heavy atom. The van der Waals surface area contributed by atoms with Crippen LogP contribution in [0, 0.1) is 10.1 Å². The highest BCUT2D eigenvalue weighted by Crippen LogP contribution is 2.64. The van der Waals surface area contributed by atoms with E-state index in [9.17, 15) is 10.1 Å². The summed E-state index contributed by atoms with van der Waals surface area (Å²) in [6, 6.07) is 5.75. The molecule has 0 radical (unpaired) electrons. The van der Waals surface area contributed by atoms with Crippen LogP contribution in [0.2, 0.25) is 0 Å². The second kappa shape index (κ2) is 6.59. The number of halogens is 1. The molecule has 0 aromatic heterocycles. The molecule has 17 heavy (non-hydrogen) atoms. The standard InChI is InChI=1S/C9H11ClNO3PS2/c1-2-7-17-15(10,16)14-9-5-3-8(4-6-9)11(12)13/h3-6H,2,7H2,1H3. The summed E-state index contributed by atoms with van der Waals surface area (Å²) in [5, 5.41) is 10.5. The predicted octanol–water partition coefficient (Wildman–Crippen LogP) is 4.58. The van der Waals surface area contributed by atoms with Gasteiger partial charge in [0.15, 0.2) is 0 Å². The molecule has 0 aliphatic rings. The normalized spacial score (nSPS) is 14.0. The summed E-state index contributed by atoms with van der Waals surface area (Å²) in [6.07, 6.45) is 0.972. The van der Waals surface area contributed by atoms with E-state index in [1.807, 2.05) is 6.92 Å². The lowest BCUT2D eigenvalue weighted by Gasteiger charge is -2.14. The van der Waals surface area contributed by atoms with E-state index in [4.69, 9.17) is 27.6 Å². The van der Waals surface area contributed by atoms with E-state index in [2.05, 4.69) is 0 Å². The first-order chi connectivity index (χ1) is 7.94. The van der Waals surface area contributed by atoms with Gasteiger partial charge in [-0.05, 0) is 41.6 Å². The van der Waals surface area contributed by atoms with E-state index < -0.39 is 9.74 Å². The van der Waals surface area contributed by atoms with Crippen LogP contribution in [0.3, 0.4) is 0 Å². The maximum Gasteiger partial charge on any atom is 0.269 e. The summed E-state index contributed by atoms with van der Waals surface area (Å²) < 4.78 is 5.47. The molecule has 1 aromatic rings. The first kappa shape index (κ1) is 14.8. The number of benzene rings is 1. The lowest BCUT2D eigenvalue weighted by atomic mass is 10.3. The highest BCUT2D eigenvalue weighted by molar-refractivity contribution is 8.76. The van der Waals surface area contributed by atoms with Crippen molar-refractivity contribution in [2.24, 2.45) is 0 Å². The zero-order valence-electron chi connectivity index (χ0n) is 9.04. The molecule has 0 aliphatic carbocycles. The number of nitro benzene ring substituents is 1. The number of nitrogens with zero attached hydrogens (tertiary/aromatic N) is 1. The van der Waals surface area contributed by atoms with E-state index in [0.29, 0.717) is 5.75 Å². The van der Waals surface area contributed by atoms with E-state index in [1.165, 1.54) is 35.6 Å². The molecule has 0 amide bonds. The molecule has 0 spiro atoms.